The van der Waals surface area contributed by atoms with Crippen molar-refractivity contribution >= 4 is 11.8 Å². The van der Waals surface area contributed by atoms with Gasteiger partial charge in [-0.25, -0.2) is 0 Å². The van der Waals surface area contributed by atoms with Crippen molar-refractivity contribution in [2.45, 2.75) is 40.0 Å². The van der Waals surface area contributed by atoms with Gasteiger partial charge in [-0.15, -0.1) is 0 Å². The zero-order valence-electron chi connectivity index (χ0n) is 8.02. The highest BCUT2D eigenvalue weighted by atomic mass is 32.2. The summed E-state index contributed by atoms with van der Waals surface area (Å²) in [5, 5.41) is 0. The van der Waals surface area contributed by atoms with Crippen molar-refractivity contribution in [3.8, 4) is 0 Å². The Balaban J connectivity index is 3.02. The fourth-order valence-electron chi connectivity index (χ4n) is 0.844. The first-order valence-electron chi connectivity index (χ1n) is 4.50. The SMILES string of the molecule is C/C=C(\C)CCCSCCC. The van der Waals surface area contributed by atoms with E-state index in [0.717, 1.165) is 0 Å². The van der Waals surface area contributed by atoms with E-state index >= 15 is 0 Å². The zero-order valence-corrected chi connectivity index (χ0v) is 8.84. The first-order chi connectivity index (χ1) is 5.31. The van der Waals surface area contributed by atoms with Crippen LogP contribution >= 0.6 is 11.8 Å². The summed E-state index contributed by atoms with van der Waals surface area (Å²) in [4.78, 5) is 0. The van der Waals surface area contributed by atoms with E-state index in [9.17, 15) is 0 Å². The van der Waals surface area contributed by atoms with Gasteiger partial charge < -0.3 is 0 Å². The average molecular weight is 172 g/mol. The van der Waals surface area contributed by atoms with E-state index in [4.69, 9.17) is 0 Å². The maximum absolute atomic E-state index is 2.24. The van der Waals surface area contributed by atoms with Crippen LogP contribution in [0.2, 0.25) is 0 Å². The summed E-state index contributed by atoms with van der Waals surface area (Å²) in [6.07, 6.45) is 6.16. The molecule has 0 aliphatic heterocycles. The van der Waals surface area contributed by atoms with E-state index in [1.165, 1.54) is 36.3 Å². The van der Waals surface area contributed by atoms with Crippen LogP contribution in [0.1, 0.15) is 40.0 Å². The van der Waals surface area contributed by atoms with Crippen molar-refractivity contribution < 1.29 is 0 Å². The molecular formula is C10H20S. The Morgan fingerprint density at radius 3 is 2.64 bits per heavy atom. The van der Waals surface area contributed by atoms with Crippen molar-refractivity contribution in [1.29, 1.82) is 0 Å². The standard InChI is InChI=1S/C10H20S/c1-4-8-11-9-6-7-10(3)5-2/h5H,4,6-9H2,1-3H3/b10-5+. The molecule has 0 aromatic carbocycles. The van der Waals surface area contributed by atoms with Gasteiger partial charge in [0.1, 0.15) is 0 Å². The fourth-order valence-corrected chi connectivity index (χ4v) is 1.69. The summed E-state index contributed by atoms with van der Waals surface area (Å²) in [6.45, 7) is 6.57. The molecule has 0 aliphatic carbocycles. The lowest BCUT2D eigenvalue weighted by Gasteiger charge is -1.99. The Kier molecular flexibility index (Phi) is 8.26. The summed E-state index contributed by atoms with van der Waals surface area (Å²) in [6, 6.07) is 0. The molecule has 0 aromatic rings. The van der Waals surface area contributed by atoms with Crippen LogP contribution in [0.25, 0.3) is 0 Å². The highest BCUT2D eigenvalue weighted by Gasteiger charge is 1.89. The molecule has 0 heterocycles. The second-order valence-corrected chi connectivity index (χ2v) is 4.08. The predicted octanol–water partition coefficient (Wildman–Crippen LogP) is 3.88. The van der Waals surface area contributed by atoms with E-state index in [0.29, 0.717) is 0 Å². The minimum atomic E-state index is 1.28. The van der Waals surface area contributed by atoms with Gasteiger partial charge in [-0.3, -0.25) is 0 Å². The topological polar surface area (TPSA) is 0 Å². The lowest BCUT2D eigenvalue weighted by molar-refractivity contribution is 0.912. The molecule has 1 heteroatoms. The van der Waals surface area contributed by atoms with E-state index in [1.54, 1.807) is 0 Å². The molecular weight excluding hydrogens is 152 g/mol. The Labute approximate surface area is 75.5 Å². The third-order valence-electron chi connectivity index (χ3n) is 1.70. The quantitative estimate of drug-likeness (QED) is 0.433. The highest BCUT2D eigenvalue weighted by Crippen LogP contribution is 2.09. The van der Waals surface area contributed by atoms with Crippen molar-refractivity contribution in [3.63, 3.8) is 0 Å². The second-order valence-electron chi connectivity index (χ2n) is 2.85. The molecule has 0 fully saturated rings. The van der Waals surface area contributed by atoms with Crippen LogP contribution in [0, 0.1) is 0 Å². The molecule has 0 nitrogen and oxygen atoms in total. The van der Waals surface area contributed by atoms with E-state index in [2.05, 4.69) is 38.6 Å². The lowest BCUT2D eigenvalue weighted by Crippen LogP contribution is -1.83. The van der Waals surface area contributed by atoms with Gasteiger partial charge in [0.2, 0.25) is 0 Å². The third-order valence-corrected chi connectivity index (χ3v) is 2.98. The normalized spacial score (nSPS) is 12.1. The van der Waals surface area contributed by atoms with Gasteiger partial charge in [-0.1, -0.05) is 18.6 Å². The monoisotopic (exact) mass is 172 g/mol. The maximum Gasteiger partial charge on any atom is -0.00645 e. The van der Waals surface area contributed by atoms with Gasteiger partial charge >= 0.3 is 0 Å². The van der Waals surface area contributed by atoms with Crippen molar-refractivity contribution in [1.82, 2.24) is 0 Å². The minimum Gasteiger partial charge on any atom is -0.162 e. The van der Waals surface area contributed by atoms with Gasteiger partial charge in [-0.05, 0) is 44.6 Å². The number of thioether (sulfide) groups is 1. The molecule has 0 atom stereocenters. The molecule has 0 amide bonds. The van der Waals surface area contributed by atoms with E-state index < -0.39 is 0 Å². The van der Waals surface area contributed by atoms with Crippen LogP contribution in [0.5, 0.6) is 0 Å². The summed E-state index contributed by atoms with van der Waals surface area (Å²) in [5.74, 6) is 2.66. The summed E-state index contributed by atoms with van der Waals surface area (Å²) >= 11 is 2.08. The molecule has 66 valence electrons. The number of hydrogen-bond donors (Lipinski definition) is 0. The average Bonchev–Trinajstić information content (AvgIpc) is 2.04. The summed E-state index contributed by atoms with van der Waals surface area (Å²) < 4.78 is 0. The Bertz CT molecular complexity index is 105. The largest absolute Gasteiger partial charge is 0.162 e. The first-order valence-corrected chi connectivity index (χ1v) is 5.66. The Morgan fingerprint density at radius 2 is 2.09 bits per heavy atom. The fraction of sp³-hybridized carbons (Fsp3) is 0.800. The van der Waals surface area contributed by atoms with Crippen LogP contribution in [0.3, 0.4) is 0 Å². The van der Waals surface area contributed by atoms with Gasteiger partial charge in [0.15, 0.2) is 0 Å². The van der Waals surface area contributed by atoms with E-state index in [1.807, 2.05) is 0 Å². The van der Waals surface area contributed by atoms with Crippen LogP contribution in [0.15, 0.2) is 11.6 Å². The summed E-state index contributed by atoms with van der Waals surface area (Å²) in [5.41, 5.74) is 1.53. The Morgan fingerprint density at radius 1 is 1.36 bits per heavy atom. The smallest absolute Gasteiger partial charge is 0.00645 e. The zero-order chi connectivity index (χ0) is 8.53. The molecule has 0 bridgehead atoms. The molecule has 0 saturated carbocycles. The molecule has 0 aliphatic rings. The molecule has 0 aromatic heterocycles. The van der Waals surface area contributed by atoms with Gasteiger partial charge in [0.25, 0.3) is 0 Å². The van der Waals surface area contributed by atoms with Crippen LogP contribution < -0.4 is 0 Å². The highest BCUT2D eigenvalue weighted by molar-refractivity contribution is 7.99. The van der Waals surface area contributed by atoms with Crippen molar-refractivity contribution in [2.75, 3.05) is 11.5 Å². The van der Waals surface area contributed by atoms with Crippen LogP contribution in [-0.4, -0.2) is 11.5 Å². The number of hydrogen-bond acceptors (Lipinski definition) is 1. The summed E-state index contributed by atoms with van der Waals surface area (Å²) in [7, 11) is 0. The lowest BCUT2D eigenvalue weighted by atomic mass is 10.2. The van der Waals surface area contributed by atoms with E-state index in [-0.39, 0.29) is 0 Å². The van der Waals surface area contributed by atoms with Crippen molar-refractivity contribution in [3.05, 3.63) is 11.6 Å². The number of allylic oxidation sites excluding steroid dienone is 2. The maximum atomic E-state index is 2.24. The predicted molar refractivity (Wildman–Crippen MR) is 56.3 cm³/mol. The van der Waals surface area contributed by atoms with Gasteiger partial charge in [0, 0.05) is 0 Å². The third kappa shape index (κ3) is 7.99. The molecule has 0 rings (SSSR count). The number of rotatable bonds is 6. The first kappa shape index (κ1) is 11.1. The van der Waals surface area contributed by atoms with Crippen LogP contribution in [-0.2, 0) is 0 Å². The molecule has 0 radical (unpaired) electrons. The molecule has 0 unspecified atom stereocenters. The van der Waals surface area contributed by atoms with Gasteiger partial charge in [0.05, 0.1) is 0 Å². The molecule has 0 N–H and O–H groups in total. The minimum absolute atomic E-state index is 1.28. The molecule has 0 saturated heterocycles. The molecule has 11 heavy (non-hydrogen) atoms. The van der Waals surface area contributed by atoms with Crippen LogP contribution in [0.4, 0.5) is 0 Å². The van der Waals surface area contributed by atoms with Gasteiger partial charge in [-0.2, -0.15) is 11.8 Å². The Hall–Kier alpha value is 0.0900. The second kappa shape index (κ2) is 8.19. The molecule has 0 spiro atoms. The van der Waals surface area contributed by atoms with Crippen molar-refractivity contribution in [2.24, 2.45) is 0 Å².